The molecule has 0 aromatic heterocycles. The van der Waals surface area contributed by atoms with E-state index in [2.05, 4.69) is 17.0 Å². The van der Waals surface area contributed by atoms with Gasteiger partial charge in [0.2, 0.25) is 0 Å². The predicted molar refractivity (Wildman–Crippen MR) is 133 cm³/mol. The van der Waals surface area contributed by atoms with Crippen LogP contribution in [0.3, 0.4) is 0 Å². The topological polar surface area (TPSA) is 84.9 Å². The number of unbranched alkanes of at least 4 members (excludes halogenated alkanes) is 1. The molecule has 0 fully saturated rings. The highest BCUT2D eigenvalue weighted by Crippen LogP contribution is 2.30. The van der Waals surface area contributed by atoms with Crippen LogP contribution in [-0.4, -0.2) is 30.3 Å². The molecule has 2 N–H and O–H groups in total. The highest BCUT2D eigenvalue weighted by atomic mass is 35.5. The lowest BCUT2D eigenvalue weighted by Gasteiger charge is -2.12. The van der Waals surface area contributed by atoms with Gasteiger partial charge >= 0.3 is 6.16 Å². The molecule has 3 aromatic carbocycles. The van der Waals surface area contributed by atoms with E-state index in [1.54, 1.807) is 30.3 Å². The van der Waals surface area contributed by atoms with Crippen molar-refractivity contribution in [1.82, 2.24) is 5.32 Å². The summed E-state index contributed by atoms with van der Waals surface area (Å²) in [6.07, 6.45) is 1.14. The molecule has 6 nitrogen and oxygen atoms in total. The van der Waals surface area contributed by atoms with Crippen molar-refractivity contribution in [2.24, 2.45) is 0 Å². The van der Waals surface area contributed by atoms with E-state index in [9.17, 15) is 9.59 Å². The Bertz CT molecular complexity index is 1150. The van der Waals surface area contributed by atoms with Crippen molar-refractivity contribution < 1.29 is 24.2 Å². The minimum absolute atomic E-state index is 0.0869. The standard InChI is InChI=1S/C26H25Cl2NO5/c1-2-3-14-33-23-11-9-20(27)16-21(23)25(30)29-13-12-17-4-6-18(7-5-17)19-8-10-24(22(28)15-19)34-26(31)32/h4-11,15-16H,2-3,12-14H2,1H3,(H,29,30)(H,31,32). The van der Waals surface area contributed by atoms with Gasteiger partial charge in [0.05, 0.1) is 17.2 Å². The van der Waals surface area contributed by atoms with Crippen molar-refractivity contribution in [3.05, 3.63) is 81.8 Å². The maximum atomic E-state index is 12.7. The van der Waals surface area contributed by atoms with Crippen molar-refractivity contribution >= 4 is 35.3 Å². The number of carbonyl (C=O) groups is 2. The minimum atomic E-state index is -1.42. The molecule has 0 heterocycles. The molecule has 0 spiro atoms. The maximum Gasteiger partial charge on any atom is 0.511 e. The Morgan fingerprint density at radius 3 is 2.32 bits per heavy atom. The Morgan fingerprint density at radius 2 is 1.65 bits per heavy atom. The third-order valence-electron chi connectivity index (χ3n) is 5.06. The summed E-state index contributed by atoms with van der Waals surface area (Å²) >= 11 is 12.2. The van der Waals surface area contributed by atoms with Gasteiger partial charge in [-0.05, 0) is 59.9 Å². The van der Waals surface area contributed by atoms with Crippen molar-refractivity contribution in [3.63, 3.8) is 0 Å². The van der Waals surface area contributed by atoms with Crippen LogP contribution in [0.5, 0.6) is 11.5 Å². The first-order chi connectivity index (χ1) is 16.4. The van der Waals surface area contributed by atoms with E-state index in [0.29, 0.717) is 35.9 Å². The van der Waals surface area contributed by atoms with Crippen molar-refractivity contribution in [3.8, 4) is 22.6 Å². The van der Waals surface area contributed by atoms with Gasteiger partial charge in [-0.1, -0.05) is 66.9 Å². The SMILES string of the molecule is CCCCOc1ccc(Cl)cc1C(=O)NCCc1ccc(-c2ccc(OC(=O)O)c(Cl)c2)cc1. The van der Waals surface area contributed by atoms with E-state index in [1.807, 2.05) is 24.3 Å². The van der Waals surface area contributed by atoms with Crippen LogP contribution in [0, 0.1) is 0 Å². The Kier molecular flexibility index (Phi) is 9.19. The average Bonchev–Trinajstić information content (AvgIpc) is 2.81. The zero-order valence-corrected chi connectivity index (χ0v) is 20.2. The molecule has 0 radical (unpaired) electrons. The molecule has 8 heteroatoms. The van der Waals surface area contributed by atoms with Crippen LogP contribution in [0.1, 0.15) is 35.7 Å². The van der Waals surface area contributed by atoms with E-state index in [1.165, 1.54) is 6.07 Å². The molecule has 1 amide bonds. The quantitative estimate of drug-likeness (QED) is 0.180. The second-order valence-electron chi connectivity index (χ2n) is 7.56. The summed E-state index contributed by atoms with van der Waals surface area (Å²) in [7, 11) is 0. The summed E-state index contributed by atoms with van der Waals surface area (Å²) in [6.45, 7) is 3.07. The highest BCUT2D eigenvalue weighted by Gasteiger charge is 2.13. The summed E-state index contributed by atoms with van der Waals surface area (Å²) in [5.41, 5.74) is 3.22. The average molecular weight is 502 g/mol. The number of nitrogens with one attached hydrogen (secondary N) is 1. The van der Waals surface area contributed by atoms with Crippen molar-refractivity contribution in [2.45, 2.75) is 26.2 Å². The normalized spacial score (nSPS) is 10.6. The number of benzene rings is 3. The molecule has 0 atom stereocenters. The van der Waals surface area contributed by atoms with Gasteiger partial charge in [0, 0.05) is 11.6 Å². The number of carbonyl (C=O) groups excluding carboxylic acids is 1. The molecular weight excluding hydrogens is 477 g/mol. The number of hydrogen-bond donors (Lipinski definition) is 2. The fourth-order valence-electron chi connectivity index (χ4n) is 3.27. The molecule has 34 heavy (non-hydrogen) atoms. The van der Waals surface area contributed by atoms with Gasteiger partial charge < -0.3 is 19.9 Å². The lowest BCUT2D eigenvalue weighted by molar-refractivity contribution is 0.0949. The summed E-state index contributed by atoms with van der Waals surface area (Å²) in [4.78, 5) is 23.4. The zero-order valence-electron chi connectivity index (χ0n) is 18.6. The first-order valence-electron chi connectivity index (χ1n) is 10.9. The molecule has 0 saturated heterocycles. The fourth-order valence-corrected chi connectivity index (χ4v) is 3.66. The largest absolute Gasteiger partial charge is 0.511 e. The van der Waals surface area contributed by atoms with E-state index in [0.717, 1.165) is 29.5 Å². The molecule has 0 aliphatic rings. The van der Waals surface area contributed by atoms with Crippen LogP contribution >= 0.6 is 23.2 Å². The second kappa shape index (κ2) is 12.3. The number of carboxylic acid groups (broad SMARTS) is 1. The van der Waals surface area contributed by atoms with Gasteiger partial charge in [-0.3, -0.25) is 4.79 Å². The highest BCUT2D eigenvalue weighted by molar-refractivity contribution is 6.32. The van der Waals surface area contributed by atoms with Crippen LogP contribution in [0.4, 0.5) is 4.79 Å². The van der Waals surface area contributed by atoms with Gasteiger partial charge in [0.15, 0.2) is 5.75 Å². The number of amides is 1. The smallest absolute Gasteiger partial charge is 0.493 e. The number of halogens is 2. The molecule has 178 valence electrons. The Balaban J connectivity index is 1.58. The van der Waals surface area contributed by atoms with Crippen LogP contribution in [0.15, 0.2) is 60.7 Å². The third kappa shape index (κ3) is 7.14. The first-order valence-corrected chi connectivity index (χ1v) is 11.6. The van der Waals surface area contributed by atoms with E-state index < -0.39 is 6.16 Å². The number of rotatable bonds is 10. The number of ether oxygens (including phenoxy) is 2. The summed E-state index contributed by atoms with van der Waals surface area (Å²) in [5.74, 6) is 0.381. The molecule has 0 aliphatic heterocycles. The van der Waals surface area contributed by atoms with Crippen LogP contribution in [-0.2, 0) is 6.42 Å². The fraction of sp³-hybridized carbons (Fsp3) is 0.231. The van der Waals surface area contributed by atoms with Gasteiger partial charge in [-0.25, -0.2) is 4.79 Å². The second-order valence-corrected chi connectivity index (χ2v) is 8.40. The van der Waals surface area contributed by atoms with Crippen molar-refractivity contribution in [2.75, 3.05) is 13.2 Å². The van der Waals surface area contributed by atoms with E-state index in [4.69, 9.17) is 33.0 Å². The Hall–Kier alpha value is -3.22. The molecule has 3 aromatic rings. The lowest BCUT2D eigenvalue weighted by atomic mass is 10.0. The summed E-state index contributed by atoms with van der Waals surface area (Å²) in [5, 5.41) is 12.3. The molecular formula is C26H25Cl2NO5. The molecule has 3 rings (SSSR count). The van der Waals surface area contributed by atoms with E-state index >= 15 is 0 Å². The predicted octanol–water partition coefficient (Wildman–Crippen LogP) is 6.87. The van der Waals surface area contributed by atoms with E-state index in [-0.39, 0.29) is 16.7 Å². The maximum absolute atomic E-state index is 12.7. The van der Waals surface area contributed by atoms with Gasteiger partial charge in [-0.2, -0.15) is 0 Å². The van der Waals surface area contributed by atoms with Gasteiger partial charge in [0.25, 0.3) is 5.91 Å². The van der Waals surface area contributed by atoms with Crippen LogP contribution in [0.2, 0.25) is 10.0 Å². The molecule has 0 saturated carbocycles. The Morgan fingerprint density at radius 1 is 0.941 bits per heavy atom. The lowest BCUT2D eigenvalue weighted by Crippen LogP contribution is -2.26. The van der Waals surface area contributed by atoms with Crippen LogP contribution < -0.4 is 14.8 Å². The van der Waals surface area contributed by atoms with Crippen molar-refractivity contribution in [1.29, 1.82) is 0 Å². The molecule has 0 unspecified atom stereocenters. The first kappa shape index (κ1) is 25.4. The Labute approximate surface area is 208 Å². The minimum Gasteiger partial charge on any atom is -0.493 e. The third-order valence-corrected chi connectivity index (χ3v) is 5.59. The molecule has 0 bridgehead atoms. The monoisotopic (exact) mass is 501 g/mol. The van der Waals surface area contributed by atoms with Gasteiger partial charge in [-0.15, -0.1) is 0 Å². The summed E-state index contributed by atoms with van der Waals surface area (Å²) < 4.78 is 10.4. The zero-order chi connectivity index (χ0) is 24.5. The number of hydrogen-bond acceptors (Lipinski definition) is 4. The molecule has 0 aliphatic carbocycles. The van der Waals surface area contributed by atoms with Crippen LogP contribution in [0.25, 0.3) is 11.1 Å². The van der Waals surface area contributed by atoms with Gasteiger partial charge in [0.1, 0.15) is 5.75 Å². The summed E-state index contributed by atoms with van der Waals surface area (Å²) in [6, 6.07) is 17.8.